The molecule has 0 aliphatic rings. The Balaban J connectivity index is 2.42. The van der Waals surface area contributed by atoms with Gasteiger partial charge in [-0.1, -0.05) is 25.4 Å². The molecule has 0 fully saturated rings. The first-order chi connectivity index (χ1) is 8.88. The summed E-state index contributed by atoms with van der Waals surface area (Å²) in [5.74, 6) is -1.00. The van der Waals surface area contributed by atoms with Gasteiger partial charge in [-0.15, -0.1) is 11.3 Å². The van der Waals surface area contributed by atoms with E-state index in [1.807, 2.05) is 25.3 Å². The van der Waals surface area contributed by atoms with Crippen LogP contribution in [0.4, 0.5) is 0 Å². The normalized spacial score (nSPS) is 12.4. The number of halogens is 1. The van der Waals surface area contributed by atoms with Gasteiger partial charge in [-0.25, -0.2) is 4.79 Å². The third-order valence-corrected chi connectivity index (χ3v) is 3.90. The summed E-state index contributed by atoms with van der Waals surface area (Å²) < 4.78 is 0. The molecule has 0 aliphatic heterocycles. The van der Waals surface area contributed by atoms with E-state index in [0.29, 0.717) is 17.9 Å². The second-order valence-electron chi connectivity index (χ2n) is 4.82. The first-order valence-electron chi connectivity index (χ1n) is 6.13. The van der Waals surface area contributed by atoms with Gasteiger partial charge >= 0.3 is 5.97 Å². The molecule has 2 N–H and O–H groups in total. The summed E-state index contributed by atoms with van der Waals surface area (Å²) in [4.78, 5) is 23.8. The van der Waals surface area contributed by atoms with Crippen molar-refractivity contribution in [3.8, 4) is 0 Å². The fourth-order valence-corrected chi connectivity index (χ4v) is 2.76. The Labute approximate surface area is 121 Å². The molecule has 1 amide bonds. The number of carboxylic acid groups (broad SMARTS) is 1. The minimum Gasteiger partial charge on any atom is -0.480 e. The van der Waals surface area contributed by atoms with Crippen LogP contribution in [0.5, 0.6) is 0 Å². The summed E-state index contributed by atoms with van der Waals surface area (Å²) in [6.45, 7) is 3.85. The van der Waals surface area contributed by atoms with Crippen LogP contribution in [0.15, 0.2) is 11.4 Å². The average molecular weight is 304 g/mol. The van der Waals surface area contributed by atoms with Crippen LogP contribution in [0.1, 0.15) is 31.6 Å². The van der Waals surface area contributed by atoms with Crippen molar-refractivity contribution in [2.75, 3.05) is 0 Å². The first kappa shape index (κ1) is 16.0. The Hall–Kier alpha value is -1.07. The van der Waals surface area contributed by atoms with Crippen LogP contribution in [0.3, 0.4) is 0 Å². The van der Waals surface area contributed by atoms with Gasteiger partial charge in [-0.2, -0.15) is 0 Å². The molecule has 1 heterocycles. The van der Waals surface area contributed by atoms with Gasteiger partial charge in [-0.05, 0) is 24.8 Å². The van der Waals surface area contributed by atoms with Gasteiger partial charge in [0.15, 0.2) is 0 Å². The molecule has 1 aromatic rings. The lowest BCUT2D eigenvalue weighted by Crippen LogP contribution is -2.41. The molecule has 4 nitrogen and oxygen atoms in total. The van der Waals surface area contributed by atoms with Gasteiger partial charge in [-0.3, -0.25) is 4.79 Å². The third kappa shape index (κ3) is 6.07. The number of carbonyl (C=O) groups is 2. The molecule has 0 saturated carbocycles. The van der Waals surface area contributed by atoms with Crippen LogP contribution in [-0.4, -0.2) is 23.0 Å². The standard InChI is InChI=1S/C13H18ClNO3S/c1-8(2)5-11(13(17)18)15-12(16)4-3-10-6-9(14)7-19-10/h6-8,11H,3-5H2,1-2H3,(H,15,16)(H,17,18)/t11-/m1/s1. The van der Waals surface area contributed by atoms with Gasteiger partial charge in [0.25, 0.3) is 0 Å². The molecule has 0 spiro atoms. The number of aliphatic carboxylic acids is 1. The maximum absolute atomic E-state index is 11.7. The number of nitrogens with one attached hydrogen (secondary N) is 1. The van der Waals surface area contributed by atoms with E-state index in [9.17, 15) is 9.59 Å². The third-order valence-electron chi connectivity index (χ3n) is 2.56. The van der Waals surface area contributed by atoms with Crippen LogP contribution in [-0.2, 0) is 16.0 Å². The average Bonchev–Trinajstić information content (AvgIpc) is 2.71. The molecule has 1 rings (SSSR count). The Kier molecular flexibility index (Phi) is 6.31. The smallest absolute Gasteiger partial charge is 0.326 e. The van der Waals surface area contributed by atoms with E-state index in [1.165, 1.54) is 11.3 Å². The van der Waals surface area contributed by atoms with Crippen LogP contribution >= 0.6 is 22.9 Å². The summed E-state index contributed by atoms with van der Waals surface area (Å²) in [6, 6.07) is 1.02. The molecule has 0 radical (unpaired) electrons. The Morgan fingerprint density at radius 2 is 2.16 bits per heavy atom. The predicted molar refractivity (Wildman–Crippen MR) is 76.7 cm³/mol. The fraction of sp³-hybridized carbons (Fsp3) is 0.538. The summed E-state index contributed by atoms with van der Waals surface area (Å²) >= 11 is 7.29. The van der Waals surface area contributed by atoms with Crippen molar-refractivity contribution in [1.29, 1.82) is 0 Å². The summed E-state index contributed by atoms with van der Waals surface area (Å²) in [5, 5.41) is 14.1. The zero-order valence-corrected chi connectivity index (χ0v) is 12.6. The van der Waals surface area contributed by atoms with Crippen molar-refractivity contribution >= 4 is 34.8 Å². The fourth-order valence-electron chi connectivity index (χ4n) is 1.68. The zero-order chi connectivity index (χ0) is 14.4. The minimum absolute atomic E-state index is 0.220. The Bertz CT molecular complexity index is 445. The van der Waals surface area contributed by atoms with Gasteiger partial charge in [0.05, 0.1) is 5.02 Å². The minimum atomic E-state index is -0.985. The molecular formula is C13H18ClNO3S. The van der Waals surface area contributed by atoms with E-state index in [1.54, 1.807) is 0 Å². The number of amides is 1. The molecule has 106 valence electrons. The van der Waals surface area contributed by atoms with Crippen molar-refractivity contribution in [3.05, 3.63) is 21.3 Å². The molecule has 0 aromatic carbocycles. The lowest BCUT2D eigenvalue weighted by atomic mass is 10.0. The highest BCUT2D eigenvalue weighted by molar-refractivity contribution is 7.10. The van der Waals surface area contributed by atoms with Crippen molar-refractivity contribution < 1.29 is 14.7 Å². The summed E-state index contributed by atoms with van der Waals surface area (Å²) in [5.41, 5.74) is 0. The monoisotopic (exact) mass is 303 g/mol. The summed E-state index contributed by atoms with van der Waals surface area (Å²) in [7, 11) is 0. The number of thiophene rings is 1. The molecule has 1 atom stereocenters. The van der Waals surface area contributed by atoms with Crippen molar-refractivity contribution in [2.45, 2.75) is 39.2 Å². The topological polar surface area (TPSA) is 66.4 Å². The van der Waals surface area contributed by atoms with Crippen molar-refractivity contribution in [3.63, 3.8) is 0 Å². The molecule has 6 heteroatoms. The SMILES string of the molecule is CC(C)C[C@@H](NC(=O)CCc1cc(Cl)cs1)C(=O)O. The molecule has 0 unspecified atom stereocenters. The number of hydrogen-bond donors (Lipinski definition) is 2. The second kappa shape index (κ2) is 7.50. The van der Waals surface area contributed by atoms with Gasteiger partial charge in [0, 0.05) is 16.7 Å². The van der Waals surface area contributed by atoms with E-state index < -0.39 is 12.0 Å². The molecule has 19 heavy (non-hydrogen) atoms. The number of carboxylic acids is 1. The molecule has 0 saturated heterocycles. The second-order valence-corrected chi connectivity index (χ2v) is 6.25. The Morgan fingerprint density at radius 1 is 1.47 bits per heavy atom. The number of hydrogen-bond acceptors (Lipinski definition) is 3. The number of carbonyl (C=O) groups excluding carboxylic acids is 1. The van der Waals surface area contributed by atoms with Crippen LogP contribution in [0.25, 0.3) is 0 Å². The lowest BCUT2D eigenvalue weighted by Gasteiger charge is -2.16. The molecule has 0 bridgehead atoms. The first-order valence-corrected chi connectivity index (χ1v) is 7.39. The van der Waals surface area contributed by atoms with E-state index in [-0.39, 0.29) is 18.2 Å². The van der Waals surface area contributed by atoms with Crippen molar-refractivity contribution in [2.24, 2.45) is 5.92 Å². The van der Waals surface area contributed by atoms with E-state index in [0.717, 1.165) is 4.88 Å². The largest absolute Gasteiger partial charge is 0.480 e. The van der Waals surface area contributed by atoms with Crippen LogP contribution < -0.4 is 5.32 Å². The highest BCUT2D eigenvalue weighted by atomic mass is 35.5. The molecule has 1 aromatic heterocycles. The predicted octanol–water partition coefficient (Wildman–Crippen LogP) is 2.95. The molecular weight excluding hydrogens is 286 g/mol. The van der Waals surface area contributed by atoms with Crippen LogP contribution in [0, 0.1) is 5.92 Å². The van der Waals surface area contributed by atoms with Gasteiger partial charge < -0.3 is 10.4 Å². The van der Waals surface area contributed by atoms with Gasteiger partial charge in [0.2, 0.25) is 5.91 Å². The van der Waals surface area contributed by atoms with Crippen LogP contribution in [0.2, 0.25) is 5.02 Å². The quantitative estimate of drug-likeness (QED) is 0.814. The van der Waals surface area contributed by atoms with E-state index in [4.69, 9.17) is 16.7 Å². The maximum Gasteiger partial charge on any atom is 0.326 e. The molecule has 0 aliphatic carbocycles. The maximum atomic E-state index is 11.7. The number of rotatable bonds is 7. The highest BCUT2D eigenvalue weighted by Gasteiger charge is 2.20. The summed E-state index contributed by atoms with van der Waals surface area (Å²) in [6.07, 6.45) is 1.29. The van der Waals surface area contributed by atoms with Gasteiger partial charge in [0.1, 0.15) is 6.04 Å². The lowest BCUT2D eigenvalue weighted by molar-refractivity contribution is -0.142. The number of aryl methyl sites for hydroxylation is 1. The Morgan fingerprint density at radius 3 is 2.63 bits per heavy atom. The van der Waals surface area contributed by atoms with Crippen molar-refractivity contribution in [1.82, 2.24) is 5.32 Å². The zero-order valence-electron chi connectivity index (χ0n) is 11.0. The van der Waals surface area contributed by atoms with E-state index in [2.05, 4.69) is 5.32 Å². The van der Waals surface area contributed by atoms with E-state index >= 15 is 0 Å². The highest BCUT2D eigenvalue weighted by Crippen LogP contribution is 2.20.